The van der Waals surface area contributed by atoms with Gasteiger partial charge in [-0.3, -0.25) is 0 Å². The molecule has 1 aromatic carbocycles. The van der Waals surface area contributed by atoms with Crippen LogP contribution >= 0.6 is 11.8 Å². The van der Waals surface area contributed by atoms with E-state index in [1.54, 1.807) is 6.07 Å². The number of halogens is 1. The molecule has 0 amide bonds. The topological polar surface area (TPSA) is 25.2 Å². The van der Waals surface area contributed by atoms with Crippen molar-refractivity contribution >= 4 is 22.7 Å². The van der Waals surface area contributed by atoms with Crippen molar-refractivity contribution < 1.29 is 8.81 Å². The van der Waals surface area contributed by atoms with E-state index in [1.807, 2.05) is 17.8 Å². The molecule has 1 atom stereocenters. The summed E-state index contributed by atoms with van der Waals surface area (Å²) in [5.41, 5.74) is 0.753. The molecule has 1 N–H and O–H groups in total. The molecule has 2 rings (SSSR count). The first-order chi connectivity index (χ1) is 10.1. The van der Waals surface area contributed by atoms with E-state index in [2.05, 4.69) is 26.1 Å². The Hall–Kier alpha value is -1.00. The third kappa shape index (κ3) is 4.75. The molecular formula is C17H24FNOS. The number of hydrogen-bond acceptors (Lipinski definition) is 3. The third-order valence-corrected chi connectivity index (χ3v) is 4.69. The summed E-state index contributed by atoms with van der Waals surface area (Å²) in [6.07, 6.45) is 1.08. The minimum absolute atomic E-state index is 0.184. The molecule has 0 aliphatic rings. The molecule has 1 heterocycles. The number of benzene rings is 1. The van der Waals surface area contributed by atoms with Crippen LogP contribution in [-0.2, 0) is 0 Å². The lowest BCUT2D eigenvalue weighted by molar-refractivity contribution is 0.456. The first kappa shape index (κ1) is 16.4. The average molecular weight is 309 g/mol. The SMILES string of the molecule is CCCNC(CSCC(C)C)c1cc2cc(F)ccc2o1. The van der Waals surface area contributed by atoms with Gasteiger partial charge in [0.1, 0.15) is 17.2 Å². The molecule has 0 radical (unpaired) electrons. The van der Waals surface area contributed by atoms with Crippen LogP contribution in [0.3, 0.4) is 0 Å². The zero-order chi connectivity index (χ0) is 15.2. The molecule has 21 heavy (non-hydrogen) atoms. The zero-order valence-corrected chi connectivity index (χ0v) is 13.8. The van der Waals surface area contributed by atoms with Gasteiger partial charge in [0.25, 0.3) is 0 Å². The second-order valence-electron chi connectivity index (χ2n) is 5.77. The predicted octanol–water partition coefficient (Wildman–Crippen LogP) is 5.00. The van der Waals surface area contributed by atoms with Gasteiger partial charge in [-0.25, -0.2) is 4.39 Å². The summed E-state index contributed by atoms with van der Waals surface area (Å²) in [6, 6.07) is 6.82. The first-order valence-corrected chi connectivity index (χ1v) is 8.75. The Kier molecular flexibility index (Phi) is 6.12. The van der Waals surface area contributed by atoms with Crippen LogP contribution in [0.2, 0.25) is 0 Å². The van der Waals surface area contributed by atoms with E-state index in [9.17, 15) is 4.39 Å². The number of nitrogens with one attached hydrogen (secondary N) is 1. The van der Waals surface area contributed by atoms with Gasteiger partial charge in [-0.05, 0) is 48.9 Å². The molecular weight excluding hydrogens is 285 g/mol. The zero-order valence-electron chi connectivity index (χ0n) is 13.0. The fourth-order valence-corrected chi connectivity index (χ4v) is 3.31. The van der Waals surface area contributed by atoms with Crippen molar-refractivity contribution in [3.05, 3.63) is 35.8 Å². The lowest BCUT2D eigenvalue weighted by Crippen LogP contribution is -2.24. The van der Waals surface area contributed by atoms with Crippen molar-refractivity contribution in [3.8, 4) is 0 Å². The van der Waals surface area contributed by atoms with Gasteiger partial charge in [-0.15, -0.1) is 0 Å². The van der Waals surface area contributed by atoms with Crippen molar-refractivity contribution in [1.82, 2.24) is 5.32 Å². The molecule has 1 aromatic heterocycles. The van der Waals surface area contributed by atoms with Gasteiger partial charge < -0.3 is 9.73 Å². The number of thioether (sulfide) groups is 1. The minimum atomic E-state index is -0.220. The summed E-state index contributed by atoms with van der Waals surface area (Å²) in [7, 11) is 0. The highest BCUT2D eigenvalue weighted by Crippen LogP contribution is 2.27. The molecule has 0 aliphatic carbocycles. The maximum absolute atomic E-state index is 13.3. The van der Waals surface area contributed by atoms with Crippen LogP contribution < -0.4 is 5.32 Å². The quantitative estimate of drug-likeness (QED) is 0.742. The molecule has 4 heteroatoms. The van der Waals surface area contributed by atoms with Crippen LogP contribution in [0.4, 0.5) is 4.39 Å². The van der Waals surface area contributed by atoms with Gasteiger partial charge in [0.2, 0.25) is 0 Å². The van der Waals surface area contributed by atoms with E-state index in [-0.39, 0.29) is 11.9 Å². The summed E-state index contributed by atoms with van der Waals surface area (Å²) in [5, 5.41) is 4.36. The molecule has 2 nitrogen and oxygen atoms in total. The van der Waals surface area contributed by atoms with Gasteiger partial charge in [0, 0.05) is 11.1 Å². The Morgan fingerprint density at radius 3 is 2.76 bits per heavy atom. The van der Waals surface area contributed by atoms with Gasteiger partial charge in [-0.2, -0.15) is 11.8 Å². The van der Waals surface area contributed by atoms with Crippen molar-refractivity contribution in [2.45, 2.75) is 33.2 Å². The molecule has 1 unspecified atom stereocenters. The van der Waals surface area contributed by atoms with Gasteiger partial charge in [0.05, 0.1) is 6.04 Å². The standard InChI is InChI=1S/C17H24FNOS/c1-4-7-19-15(11-21-10-12(2)3)17-9-13-8-14(18)5-6-16(13)20-17/h5-6,8-9,12,15,19H,4,7,10-11H2,1-3H3. The summed E-state index contributed by atoms with van der Waals surface area (Å²) in [4.78, 5) is 0. The van der Waals surface area contributed by atoms with Crippen LogP contribution in [0.25, 0.3) is 11.0 Å². The lowest BCUT2D eigenvalue weighted by Gasteiger charge is -2.16. The van der Waals surface area contributed by atoms with Gasteiger partial charge in [0.15, 0.2) is 0 Å². The third-order valence-electron chi connectivity index (χ3n) is 3.22. The monoisotopic (exact) mass is 309 g/mol. The second-order valence-corrected chi connectivity index (χ2v) is 6.84. The Balaban J connectivity index is 2.12. The summed E-state index contributed by atoms with van der Waals surface area (Å²) in [6.45, 7) is 7.56. The van der Waals surface area contributed by atoms with Crippen molar-refractivity contribution in [1.29, 1.82) is 0 Å². The number of rotatable bonds is 8. The largest absolute Gasteiger partial charge is 0.459 e. The first-order valence-electron chi connectivity index (χ1n) is 7.60. The number of hydrogen-bond donors (Lipinski definition) is 1. The normalized spacial score (nSPS) is 13.2. The Morgan fingerprint density at radius 1 is 1.24 bits per heavy atom. The molecule has 2 aromatic rings. The highest BCUT2D eigenvalue weighted by Gasteiger charge is 2.16. The van der Waals surface area contributed by atoms with E-state index in [4.69, 9.17) is 4.42 Å². The molecule has 116 valence electrons. The lowest BCUT2D eigenvalue weighted by atomic mass is 10.2. The van der Waals surface area contributed by atoms with Crippen LogP contribution in [0.15, 0.2) is 28.7 Å². The molecule has 0 aliphatic heterocycles. The Morgan fingerprint density at radius 2 is 2.05 bits per heavy atom. The number of fused-ring (bicyclic) bond motifs is 1. The minimum Gasteiger partial charge on any atom is -0.459 e. The highest BCUT2D eigenvalue weighted by molar-refractivity contribution is 7.99. The van der Waals surface area contributed by atoms with E-state index in [0.717, 1.165) is 41.2 Å². The highest BCUT2D eigenvalue weighted by atomic mass is 32.2. The van der Waals surface area contributed by atoms with Crippen molar-refractivity contribution in [3.63, 3.8) is 0 Å². The van der Waals surface area contributed by atoms with Crippen LogP contribution in [-0.4, -0.2) is 18.1 Å². The van der Waals surface area contributed by atoms with Crippen molar-refractivity contribution in [2.24, 2.45) is 5.92 Å². The maximum atomic E-state index is 13.3. The predicted molar refractivity (Wildman–Crippen MR) is 89.4 cm³/mol. The Labute approximate surface area is 130 Å². The van der Waals surface area contributed by atoms with Crippen molar-refractivity contribution in [2.75, 3.05) is 18.1 Å². The van der Waals surface area contributed by atoms with E-state index in [1.165, 1.54) is 12.1 Å². The van der Waals surface area contributed by atoms with Gasteiger partial charge in [-0.1, -0.05) is 20.8 Å². The second kappa shape index (κ2) is 7.85. The molecule has 0 spiro atoms. The van der Waals surface area contributed by atoms with E-state index in [0.29, 0.717) is 5.92 Å². The van der Waals surface area contributed by atoms with E-state index >= 15 is 0 Å². The van der Waals surface area contributed by atoms with Crippen LogP contribution in [0, 0.1) is 11.7 Å². The maximum Gasteiger partial charge on any atom is 0.134 e. The summed E-state index contributed by atoms with van der Waals surface area (Å²) < 4.78 is 19.2. The summed E-state index contributed by atoms with van der Waals surface area (Å²) in [5.74, 6) is 3.48. The molecule has 0 saturated carbocycles. The van der Waals surface area contributed by atoms with Gasteiger partial charge >= 0.3 is 0 Å². The fourth-order valence-electron chi connectivity index (χ4n) is 2.19. The smallest absolute Gasteiger partial charge is 0.134 e. The average Bonchev–Trinajstić information content (AvgIpc) is 2.84. The van der Waals surface area contributed by atoms with Crippen LogP contribution in [0.1, 0.15) is 39.0 Å². The Bertz CT molecular complexity index is 567. The van der Waals surface area contributed by atoms with E-state index < -0.39 is 0 Å². The molecule has 0 bridgehead atoms. The molecule has 0 saturated heterocycles. The number of furan rings is 1. The fraction of sp³-hybridized carbons (Fsp3) is 0.529. The van der Waals surface area contributed by atoms with Crippen LogP contribution in [0.5, 0.6) is 0 Å². The summed E-state index contributed by atoms with van der Waals surface area (Å²) >= 11 is 1.93. The molecule has 0 fully saturated rings.